The predicted molar refractivity (Wildman–Crippen MR) is 99.1 cm³/mol. The van der Waals surface area contributed by atoms with Gasteiger partial charge in [0.2, 0.25) is 5.91 Å². The second kappa shape index (κ2) is 9.57. The lowest BCUT2D eigenvalue weighted by atomic mass is 10.0. The van der Waals surface area contributed by atoms with Gasteiger partial charge in [-0.2, -0.15) is 0 Å². The topological polar surface area (TPSA) is 95.5 Å². The Morgan fingerprint density at radius 2 is 2.08 bits per heavy atom. The molecule has 0 aliphatic heterocycles. The third-order valence-corrected chi connectivity index (χ3v) is 4.95. The van der Waals surface area contributed by atoms with E-state index in [1.807, 2.05) is 6.92 Å². The standard InChI is InChI=1S/C19H25ClN2O4/c1-2-3-9-16(22-17(23)12-6-4-7-13(20)11-12)18(24)21-15-10-5-8-14(15)19(25)26/h4,6-7,11,14-16H,2-3,5,8-10H2,1H3,(H,21,24)(H,22,23)(H,25,26)/t14-,15+,16+/m1/s1. The van der Waals surface area contributed by atoms with Crippen LogP contribution in [0.1, 0.15) is 55.8 Å². The van der Waals surface area contributed by atoms with Crippen LogP contribution >= 0.6 is 11.6 Å². The number of carbonyl (C=O) groups is 3. The number of rotatable bonds is 8. The van der Waals surface area contributed by atoms with Crippen molar-refractivity contribution in [2.75, 3.05) is 0 Å². The average molecular weight is 381 g/mol. The zero-order valence-electron chi connectivity index (χ0n) is 14.8. The number of carboxylic acid groups (broad SMARTS) is 1. The maximum absolute atomic E-state index is 12.7. The van der Waals surface area contributed by atoms with Crippen LogP contribution in [-0.4, -0.2) is 35.0 Å². The number of unbranched alkanes of at least 4 members (excludes halogenated alkanes) is 1. The molecule has 1 aliphatic rings. The SMILES string of the molecule is CCCC[C@H](NC(=O)c1cccc(Cl)c1)C(=O)N[C@H]1CCC[C@H]1C(=O)O. The molecule has 1 aromatic rings. The molecule has 26 heavy (non-hydrogen) atoms. The van der Waals surface area contributed by atoms with Crippen molar-refractivity contribution in [1.82, 2.24) is 10.6 Å². The molecular formula is C19H25ClN2O4. The molecule has 0 heterocycles. The monoisotopic (exact) mass is 380 g/mol. The van der Waals surface area contributed by atoms with Crippen molar-refractivity contribution in [2.45, 2.75) is 57.5 Å². The van der Waals surface area contributed by atoms with Gasteiger partial charge >= 0.3 is 5.97 Å². The van der Waals surface area contributed by atoms with Crippen molar-refractivity contribution in [3.05, 3.63) is 34.9 Å². The highest BCUT2D eigenvalue weighted by molar-refractivity contribution is 6.31. The first kappa shape index (κ1) is 20.2. The first-order chi connectivity index (χ1) is 12.4. The third-order valence-electron chi connectivity index (χ3n) is 4.72. The van der Waals surface area contributed by atoms with E-state index in [0.717, 1.165) is 19.3 Å². The number of nitrogens with one attached hydrogen (secondary N) is 2. The predicted octanol–water partition coefficient (Wildman–Crippen LogP) is 3.00. The fraction of sp³-hybridized carbons (Fsp3) is 0.526. The van der Waals surface area contributed by atoms with E-state index in [0.29, 0.717) is 29.8 Å². The Balaban J connectivity index is 2.04. The highest BCUT2D eigenvalue weighted by Crippen LogP contribution is 2.26. The van der Waals surface area contributed by atoms with Crippen LogP contribution in [0.25, 0.3) is 0 Å². The van der Waals surface area contributed by atoms with Gasteiger partial charge < -0.3 is 15.7 Å². The summed E-state index contributed by atoms with van der Waals surface area (Å²) in [4.78, 5) is 36.4. The lowest BCUT2D eigenvalue weighted by Crippen LogP contribution is -2.51. The van der Waals surface area contributed by atoms with Crippen molar-refractivity contribution in [3.63, 3.8) is 0 Å². The number of carbonyl (C=O) groups excluding carboxylic acids is 2. The van der Waals surface area contributed by atoms with E-state index in [1.165, 1.54) is 0 Å². The summed E-state index contributed by atoms with van der Waals surface area (Å²) in [6, 6.07) is 5.44. The highest BCUT2D eigenvalue weighted by Gasteiger charge is 2.35. The Hall–Kier alpha value is -2.08. The molecule has 0 bridgehead atoms. The first-order valence-corrected chi connectivity index (χ1v) is 9.39. The third kappa shape index (κ3) is 5.46. The summed E-state index contributed by atoms with van der Waals surface area (Å²) in [6.45, 7) is 2.01. The Morgan fingerprint density at radius 3 is 2.73 bits per heavy atom. The van der Waals surface area contributed by atoms with E-state index in [4.69, 9.17) is 11.6 Å². The number of halogens is 1. The highest BCUT2D eigenvalue weighted by atomic mass is 35.5. The maximum Gasteiger partial charge on any atom is 0.308 e. The van der Waals surface area contributed by atoms with Crippen LogP contribution in [-0.2, 0) is 9.59 Å². The summed E-state index contributed by atoms with van der Waals surface area (Å²) in [5.74, 6) is -2.15. The minimum Gasteiger partial charge on any atom is -0.481 e. The van der Waals surface area contributed by atoms with Crippen molar-refractivity contribution < 1.29 is 19.5 Å². The van der Waals surface area contributed by atoms with Crippen LogP contribution in [0.4, 0.5) is 0 Å². The molecule has 0 saturated heterocycles. The van der Waals surface area contributed by atoms with Gasteiger partial charge in [0, 0.05) is 16.6 Å². The van der Waals surface area contributed by atoms with Gasteiger partial charge in [-0.3, -0.25) is 14.4 Å². The van der Waals surface area contributed by atoms with Gasteiger partial charge in [-0.1, -0.05) is 43.9 Å². The summed E-state index contributed by atoms with van der Waals surface area (Å²) < 4.78 is 0. The van der Waals surface area contributed by atoms with Crippen LogP contribution in [0, 0.1) is 5.92 Å². The van der Waals surface area contributed by atoms with Crippen molar-refractivity contribution >= 4 is 29.4 Å². The fourth-order valence-corrected chi connectivity index (χ4v) is 3.45. The molecule has 142 valence electrons. The normalized spacial score (nSPS) is 20.4. The molecule has 3 N–H and O–H groups in total. The Kier molecular flexibility index (Phi) is 7.45. The smallest absolute Gasteiger partial charge is 0.308 e. The van der Waals surface area contributed by atoms with Gasteiger partial charge in [0.05, 0.1) is 5.92 Å². The molecule has 1 fully saturated rings. The molecule has 1 aromatic carbocycles. The largest absolute Gasteiger partial charge is 0.481 e. The molecule has 0 unspecified atom stereocenters. The quantitative estimate of drug-likeness (QED) is 0.646. The molecule has 1 aliphatic carbocycles. The van der Waals surface area contributed by atoms with Gasteiger partial charge in [-0.25, -0.2) is 0 Å². The molecule has 1 saturated carbocycles. The van der Waals surface area contributed by atoms with Gasteiger partial charge in [0.1, 0.15) is 6.04 Å². The zero-order chi connectivity index (χ0) is 19.1. The summed E-state index contributed by atoms with van der Waals surface area (Å²) in [7, 11) is 0. The lowest BCUT2D eigenvalue weighted by molar-refractivity contribution is -0.142. The van der Waals surface area contributed by atoms with Crippen LogP contribution in [0.3, 0.4) is 0 Å². The molecule has 0 radical (unpaired) electrons. The Labute approximate surface area is 158 Å². The first-order valence-electron chi connectivity index (χ1n) is 9.02. The molecule has 0 aromatic heterocycles. The van der Waals surface area contributed by atoms with E-state index in [9.17, 15) is 19.5 Å². The summed E-state index contributed by atoms with van der Waals surface area (Å²) >= 11 is 5.92. The number of hydrogen-bond donors (Lipinski definition) is 3. The number of carboxylic acids is 1. The van der Waals surface area contributed by atoms with E-state index in [1.54, 1.807) is 24.3 Å². The molecule has 2 rings (SSSR count). The van der Waals surface area contributed by atoms with Gasteiger partial charge in [0.25, 0.3) is 5.91 Å². The molecule has 2 amide bonds. The van der Waals surface area contributed by atoms with Crippen molar-refractivity contribution in [1.29, 1.82) is 0 Å². The van der Waals surface area contributed by atoms with E-state index in [-0.39, 0.29) is 17.9 Å². The summed E-state index contributed by atoms with van der Waals surface area (Å²) in [6.07, 6.45) is 4.15. The van der Waals surface area contributed by atoms with E-state index in [2.05, 4.69) is 10.6 Å². The zero-order valence-corrected chi connectivity index (χ0v) is 15.6. The Bertz CT molecular complexity index is 665. The van der Waals surface area contributed by atoms with E-state index >= 15 is 0 Å². The van der Waals surface area contributed by atoms with Crippen molar-refractivity contribution in [3.8, 4) is 0 Å². The number of amides is 2. The molecule has 3 atom stereocenters. The molecule has 6 nitrogen and oxygen atoms in total. The maximum atomic E-state index is 12.7. The molecular weight excluding hydrogens is 356 g/mol. The number of aliphatic carboxylic acids is 1. The second-order valence-electron chi connectivity index (χ2n) is 6.67. The van der Waals surface area contributed by atoms with Crippen LogP contribution in [0.2, 0.25) is 5.02 Å². The number of hydrogen-bond acceptors (Lipinski definition) is 3. The minimum atomic E-state index is -0.888. The summed E-state index contributed by atoms with van der Waals surface area (Å²) in [5, 5.41) is 15.3. The van der Waals surface area contributed by atoms with E-state index < -0.39 is 17.9 Å². The fourth-order valence-electron chi connectivity index (χ4n) is 3.26. The van der Waals surface area contributed by atoms with Crippen LogP contribution < -0.4 is 10.6 Å². The average Bonchev–Trinajstić information content (AvgIpc) is 3.06. The molecule has 7 heteroatoms. The van der Waals surface area contributed by atoms with Crippen LogP contribution in [0.5, 0.6) is 0 Å². The van der Waals surface area contributed by atoms with Crippen LogP contribution in [0.15, 0.2) is 24.3 Å². The van der Waals surface area contributed by atoms with Gasteiger partial charge in [-0.15, -0.1) is 0 Å². The van der Waals surface area contributed by atoms with Crippen molar-refractivity contribution in [2.24, 2.45) is 5.92 Å². The molecule has 0 spiro atoms. The Morgan fingerprint density at radius 1 is 1.31 bits per heavy atom. The minimum absolute atomic E-state index is 0.327. The second-order valence-corrected chi connectivity index (χ2v) is 7.11. The number of benzene rings is 1. The summed E-state index contributed by atoms with van der Waals surface area (Å²) in [5.41, 5.74) is 0.385. The lowest BCUT2D eigenvalue weighted by Gasteiger charge is -2.23. The van der Waals surface area contributed by atoms with Gasteiger partial charge in [-0.05, 0) is 37.5 Å². The van der Waals surface area contributed by atoms with Gasteiger partial charge in [0.15, 0.2) is 0 Å².